The van der Waals surface area contributed by atoms with Crippen molar-refractivity contribution in [2.75, 3.05) is 0 Å². The third-order valence-corrected chi connectivity index (χ3v) is 11.1. The van der Waals surface area contributed by atoms with E-state index in [0.29, 0.717) is 17.5 Å². The quantitative estimate of drug-likeness (QED) is 0.176. The molecule has 8 aromatic carbocycles. The Bertz CT molecular complexity index is 3520. The number of rotatable bonds is 5. The lowest BCUT2D eigenvalue weighted by Gasteiger charge is -2.12. The molecular formula is C51H30N4O2. The molecule has 0 saturated carbocycles. The molecule has 0 bridgehead atoms. The Labute approximate surface area is 325 Å². The van der Waals surface area contributed by atoms with Gasteiger partial charge >= 0.3 is 0 Å². The van der Waals surface area contributed by atoms with Crippen LogP contribution in [-0.4, -0.2) is 19.5 Å². The van der Waals surface area contributed by atoms with Gasteiger partial charge in [-0.2, -0.15) is 0 Å². The summed E-state index contributed by atoms with van der Waals surface area (Å²) in [6.45, 7) is 0. The van der Waals surface area contributed by atoms with Crippen LogP contribution in [0.15, 0.2) is 191 Å². The highest BCUT2D eigenvalue weighted by Crippen LogP contribution is 2.41. The van der Waals surface area contributed by atoms with Gasteiger partial charge in [0.15, 0.2) is 17.5 Å². The van der Waals surface area contributed by atoms with Crippen molar-refractivity contribution in [1.29, 1.82) is 0 Å². The monoisotopic (exact) mass is 730 g/mol. The third-order valence-electron chi connectivity index (χ3n) is 11.1. The predicted molar refractivity (Wildman–Crippen MR) is 230 cm³/mol. The van der Waals surface area contributed by atoms with Crippen molar-refractivity contribution in [3.8, 4) is 51.0 Å². The van der Waals surface area contributed by atoms with E-state index in [0.717, 1.165) is 88.4 Å². The van der Waals surface area contributed by atoms with Crippen molar-refractivity contribution < 1.29 is 8.83 Å². The molecule has 0 amide bonds. The van der Waals surface area contributed by atoms with E-state index in [1.54, 1.807) is 0 Å². The zero-order valence-electron chi connectivity index (χ0n) is 30.4. The van der Waals surface area contributed by atoms with Gasteiger partial charge in [-0.15, -0.1) is 0 Å². The number of nitrogens with zero attached hydrogens (tertiary/aromatic N) is 4. The first kappa shape index (κ1) is 31.5. The Balaban J connectivity index is 1.02. The summed E-state index contributed by atoms with van der Waals surface area (Å²) in [5.41, 5.74) is 11.7. The van der Waals surface area contributed by atoms with E-state index < -0.39 is 0 Å². The van der Waals surface area contributed by atoms with Crippen LogP contribution in [0.4, 0.5) is 0 Å². The van der Waals surface area contributed by atoms with Crippen LogP contribution in [0, 0.1) is 0 Å². The number of hydrogen-bond acceptors (Lipinski definition) is 5. The van der Waals surface area contributed by atoms with Gasteiger partial charge in [0.2, 0.25) is 0 Å². The molecule has 266 valence electrons. The maximum absolute atomic E-state index is 6.26. The van der Waals surface area contributed by atoms with Gasteiger partial charge in [0.05, 0.1) is 11.0 Å². The highest BCUT2D eigenvalue weighted by Gasteiger charge is 2.19. The molecule has 0 spiro atoms. The largest absolute Gasteiger partial charge is 0.456 e. The Hall–Kier alpha value is -7.83. The topological polar surface area (TPSA) is 69.9 Å². The summed E-state index contributed by atoms with van der Waals surface area (Å²) >= 11 is 0. The maximum Gasteiger partial charge on any atom is 0.164 e. The fraction of sp³-hybridized carbons (Fsp3) is 0. The van der Waals surface area contributed by atoms with Gasteiger partial charge in [-0.1, -0.05) is 121 Å². The Morgan fingerprint density at radius 3 is 1.54 bits per heavy atom. The lowest BCUT2D eigenvalue weighted by Crippen LogP contribution is -2.01. The molecule has 6 heteroatoms. The molecule has 4 heterocycles. The van der Waals surface area contributed by atoms with E-state index in [4.69, 9.17) is 23.8 Å². The van der Waals surface area contributed by atoms with Crippen LogP contribution >= 0.6 is 0 Å². The molecule has 0 fully saturated rings. The molecule has 12 rings (SSSR count). The van der Waals surface area contributed by atoms with Crippen LogP contribution in [0.3, 0.4) is 0 Å². The summed E-state index contributed by atoms with van der Waals surface area (Å²) in [4.78, 5) is 15.2. The first-order valence-electron chi connectivity index (χ1n) is 19.0. The Kier molecular flexibility index (Phi) is 6.83. The summed E-state index contributed by atoms with van der Waals surface area (Å²) in [5.74, 6) is 1.80. The molecule has 0 saturated heterocycles. The van der Waals surface area contributed by atoms with Gasteiger partial charge < -0.3 is 13.4 Å². The van der Waals surface area contributed by atoms with Crippen molar-refractivity contribution in [3.63, 3.8) is 0 Å². The molecule has 0 unspecified atom stereocenters. The first-order valence-corrected chi connectivity index (χ1v) is 19.0. The summed E-state index contributed by atoms with van der Waals surface area (Å²) < 4.78 is 14.9. The zero-order valence-corrected chi connectivity index (χ0v) is 30.4. The molecule has 4 aromatic heterocycles. The number of fused-ring (bicyclic) bond motifs is 9. The average molecular weight is 731 g/mol. The molecule has 0 radical (unpaired) electrons. The van der Waals surface area contributed by atoms with Gasteiger partial charge in [0, 0.05) is 54.7 Å². The van der Waals surface area contributed by atoms with E-state index in [2.05, 4.69) is 108 Å². The number of furan rings is 2. The van der Waals surface area contributed by atoms with Crippen LogP contribution in [0.25, 0.3) is 117 Å². The molecule has 57 heavy (non-hydrogen) atoms. The first-order chi connectivity index (χ1) is 28.2. The Morgan fingerprint density at radius 2 is 0.842 bits per heavy atom. The number of aromatic nitrogens is 4. The summed E-state index contributed by atoms with van der Waals surface area (Å²) in [7, 11) is 0. The highest BCUT2D eigenvalue weighted by molar-refractivity contribution is 6.15. The molecule has 0 atom stereocenters. The van der Waals surface area contributed by atoms with Gasteiger partial charge in [0.1, 0.15) is 22.3 Å². The van der Waals surface area contributed by atoms with E-state index in [1.165, 1.54) is 10.8 Å². The fourth-order valence-corrected chi connectivity index (χ4v) is 8.49. The summed E-state index contributed by atoms with van der Waals surface area (Å²) in [6.07, 6.45) is 0. The normalized spacial score (nSPS) is 11.9. The second-order valence-corrected chi connectivity index (χ2v) is 14.4. The SMILES string of the molecule is c1ccc(-c2nc(-c3ccc(-n4c5ccccc5c5ccc(-c6cccc7oc8ccccc8c67)cc54)cc3)nc(-c3cccc4oc5ccccc5c34)n2)cc1. The van der Waals surface area contributed by atoms with E-state index in [9.17, 15) is 0 Å². The van der Waals surface area contributed by atoms with Crippen LogP contribution in [0.1, 0.15) is 0 Å². The average Bonchev–Trinajstić information content (AvgIpc) is 3.96. The van der Waals surface area contributed by atoms with Gasteiger partial charge in [-0.3, -0.25) is 0 Å². The molecule has 0 aliphatic carbocycles. The molecule has 12 aromatic rings. The molecular weight excluding hydrogens is 701 g/mol. The zero-order chi connectivity index (χ0) is 37.5. The minimum Gasteiger partial charge on any atom is -0.456 e. The van der Waals surface area contributed by atoms with Gasteiger partial charge in [0.25, 0.3) is 0 Å². The van der Waals surface area contributed by atoms with Crippen LogP contribution in [-0.2, 0) is 0 Å². The molecule has 6 nitrogen and oxygen atoms in total. The standard InChI is InChI=1S/C51H30N4O2/c1-2-12-31(13-3-1)49-52-50(54-51(53-49)40-18-11-23-46-48(40)39-16-6-9-21-44(39)57-46)32-24-27-34(28-25-32)55-41-19-7-4-14-36(41)37-29-26-33(30-42(37)55)35-17-10-22-45-47(35)38-15-5-8-20-43(38)56-45/h1-30H. The van der Waals surface area contributed by atoms with E-state index in [-0.39, 0.29) is 0 Å². The van der Waals surface area contributed by atoms with Gasteiger partial charge in [-0.25, -0.2) is 15.0 Å². The lowest BCUT2D eigenvalue weighted by atomic mass is 9.98. The number of benzene rings is 8. The van der Waals surface area contributed by atoms with Crippen molar-refractivity contribution in [3.05, 3.63) is 182 Å². The van der Waals surface area contributed by atoms with Crippen LogP contribution in [0.5, 0.6) is 0 Å². The number of para-hydroxylation sites is 3. The molecule has 0 aliphatic heterocycles. The molecule has 0 N–H and O–H groups in total. The van der Waals surface area contributed by atoms with Crippen molar-refractivity contribution in [2.45, 2.75) is 0 Å². The smallest absolute Gasteiger partial charge is 0.164 e. The second kappa shape index (κ2) is 12.3. The van der Waals surface area contributed by atoms with Gasteiger partial charge in [-0.05, 0) is 71.8 Å². The summed E-state index contributed by atoms with van der Waals surface area (Å²) in [6, 6.07) is 62.8. The predicted octanol–water partition coefficient (Wildman–Crippen LogP) is 13.4. The minimum atomic E-state index is 0.593. The number of hydrogen-bond donors (Lipinski definition) is 0. The van der Waals surface area contributed by atoms with E-state index >= 15 is 0 Å². The maximum atomic E-state index is 6.26. The van der Waals surface area contributed by atoms with E-state index in [1.807, 2.05) is 78.9 Å². The van der Waals surface area contributed by atoms with Crippen LogP contribution in [0.2, 0.25) is 0 Å². The van der Waals surface area contributed by atoms with Crippen molar-refractivity contribution in [1.82, 2.24) is 19.5 Å². The lowest BCUT2D eigenvalue weighted by molar-refractivity contribution is 0.668. The minimum absolute atomic E-state index is 0.593. The van der Waals surface area contributed by atoms with Crippen molar-refractivity contribution >= 4 is 65.7 Å². The van der Waals surface area contributed by atoms with Crippen molar-refractivity contribution in [2.24, 2.45) is 0 Å². The van der Waals surface area contributed by atoms with Crippen LogP contribution < -0.4 is 0 Å². The summed E-state index contributed by atoms with van der Waals surface area (Å²) in [5, 5.41) is 6.65. The second-order valence-electron chi connectivity index (χ2n) is 14.4. The third kappa shape index (κ3) is 4.94. The highest BCUT2D eigenvalue weighted by atomic mass is 16.3. The Morgan fingerprint density at radius 1 is 0.333 bits per heavy atom. The molecule has 0 aliphatic rings. The fourth-order valence-electron chi connectivity index (χ4n) is 8.49.